The van der Waals surface area contributed by atoms with Crippen molar-refractivity contribution in [3.05, 3.63) is 29.8 Å². The smallest absolute Gasteiger partial charge is 0.119 e. The van der Waals surface area contributed by atoms with Gasteiger partial charge in [0.15, 0.2) is 0 Å². The van der Waals surface area contributed by atoms with Gasteiger partial charge in [0.1, 0.15) is 5.75 Å². The predicted octanol–water partition coefficient (Wildman–Crippen LogP) is 3.32. The fourth-order valence-electron chi connectivity index (χ4n) is 3.17. The topological polar surface area (TPSA) is 24.5 Å². The van der Waals surface area contributed by atoms with E-state index in [0.717, 1.165) is 30.7 Å². The lowest BCUT2D eigenvalue weighted by Crippen LogP contribution is -2.43. The second-order valence-electron chi connectivity index (χ2n) is 6.39. The quantitative estimate of drug-likeness (QED) is 0.870. The third-order valence-corrected chi connectivity index (χ3v) is 4.81. The van der Waals surface area contributed by atoms with Crippen LogP contribution in [0.3, 0.4) is 0 Å². The van der Waals surface area contributed by atoms with Gasteiger partial charge >= 0.3 is 0 Å². The van der Waals surface area contributed by atoms with Crippen LogP contribution >= 0.6 is 0 Å². The van der Waals surface area contributed by atoms with Crippen molar-refractivity contribution in [2.24, 2.45) is 11.8 Å². The molecule has 0 aliphatic carbocycles. The fraction of sp³-hybridized carbons (Fsp3) is 0.667. The Balaban J connectivity index is 2.04. The summed E-state index contributed by atoms with van der Waals surface area (Å²) < 4.78 is 5.36. The summed E-state index contributed by atoms with van der Waals surface area (Å²) in [4.78, 5) is 2.61. The fourth-order valence-corrected chi connectivity index (χ4v) is 3.17. The molecular weight excluding hydrogens is 260 g/mol. The maximum atomic E-state index is 5.36. The molecule has 0 bridgehead atoms. The van der Waals surface area contributed by atoms with E-state index in [2.05, 4.69) is 49.2 Å². The summed E-state index contributed by atoms with van der Waals surface area (Å²) in [5, 5.41) is 3.63. The van der Waals surface area contributed by atoms with Crippen LogP contribution in [0.15, 0.2) is 24.3 Å². The van der Waals surface area contributed by atoms with Gasteiger partial charge in [0.25, 0.3) is 0 Å². The van der Waals surface area contributed by atoms with Crippen LogP contribution in [-0.4, -0.2) is 38.2 Å². The zero-order chi connectivity index (χ0) is 15.2. The highest BCUT2D eigenvalue weighted by molar-refractivity contribution is 5.30. The number of nitrogens with one attached hydrogen (secondary N) is 1. The minimum atomic E-state index is 0.380. The molecule has 3 nitrogen and oxygen atoms in total. The second-order valence-corrected chi connectivity index (χ2v) is 6.39. The van der Waals surface area contributed by atoms with Gasteiger partial charge in [-0.1, -0.05) is 32.9 Å². The molecule has 3 unspecified atom stereocenters. The summed E-state index contributed by atoms with van der Waals surface area (Å²) in [6.45, 7) is 11.4. The predicted molar refractivity (Wildman–Crippen MR) is 88.8 cm³/mol. The first-order chi connectivity index (χ1) is 10.1. The number of hydrogen-bond donors (Lipinski definition) is 1. The minimum absolute atomic E-state index is 0.380. The van der Waals surface area contributed by atoms with Crippen LogP contribution in [0.5, 0.6) is 5.75 Å². The van der Waals surface area contributed by atoms with Crippen LogP contribution in [0, 0.1) is 11.8 Å². The summed E-state index contributed by atoms with van der Waals surface area (Å²) in [6.07, 6.45) is 1.32. The van der Waals surface area contributed by atoms with Gasteiger partial charge in [-0.25, -0.2) is 0 Å². The standard InChI is InChI=1S/C18H30N2O/c1-5-19-18(16-7-6-8-17(11-16)21-4)13-20-10-9-14(2)15(3)12-20/h6-8,11,14-15,18-19H,5,9-10,12-13H2,1-4H3. The van der Waals surface area contributed by atoms with Gasteiger partial charge in [-0.2, -0.15) is 0 Å². The Kier molecular flexibility index (Phi) is 6.07. The molecule has 0 saturated carbocycles. The van der Waals surface area contributed by atoms with Crippen molar-refractivity contribution in [1.29, 1.82) is 0 Å². The highest BCUT2D eigenvalue weighted by Crippen LogP contribution is 2.25. The minimum Gasteiger partial charge on any atom is -0.497 e. The van der Waals surface area contributed by atoms with E-state index in [1.54, 1.807) is 7.11 Å². The molecule has 0 amide bonds. The number of likely N-dealkylation sites (N-methyl/N-ethyl adjacent to an activating group) is 1. The largest absolute Gasteiger partial charge is 0.497 e. The molecule has 1 aromatic carbocycles. The molecule has 1 aliphatic rings. The normalized spacial score (nSPS) is 24.8. The van der Waals surface area contributed by atoms with Crippen molar-refractivity contribution >= 4 is 0 Å². The van der Waals surface area contributed by atoms with Crippen LogP contribution in [0.1, 0.15) is 38.8 Å². The lowest BCUT2D eigenvalue weighted by atomic mass is 9.88. The Hall–Kier alpha value is -1.06. The van der Waals surface area contributed by atoms with Gasteiger partial charge in [-0.15, -0.1) is 0 Å². The van der Waals surface area contributed by atoms with E-state index in [4.69, 9.17) is 4.74 Å². The molecule has 1 heterocycles. The van der Waals surface area contributed by atoms with E-state index in [1.165, 1.54) is 25.1 Å². The molecule has 2 rings (SSSR count). The number of piperidine rings is 1. The zero-order valence-corrected chi connectivity index (χ0v) is 13.9. The lowest BCUT2D eigenvalue weighted by Gasteiger charge is -2.37. The molecule has 0 radical (unpaired) electrons. The average Bonchev–Trinajstić information content (AvgIpc) is 2.50. The summed E-state index contributed by atoms with van der Waals surface area (Å²) >= 11 is 0. The van der Waals surface area contributed by atoms with Gasteiger partial charge in [0.2, 0.25) is 0 Å². The molecule has 0 spiro atoms. The Morgan fingerprint density at radius 2 is 2.14 bits per heavy atom. The molecule has 1 N–H and O–H groups in total. The van der Waals surface area contributed by atoms with Crippen molar-refractivity contribution in [1.82, 2.24) is 10.2 Å². The lowest BCUT2D eigenvalue weighted by molar-refractivity contribution is 0.127. The van der Waals surface area contributed by atoms with Crippen molar-refractivity contribution in [2.75, 3.05) is 33.3 Å². The first-order valence-electron chi connectivity index (χ1n) is 8.23. The van der Waals surface area contributed by atoms with Crippen LogP contribution in [0.4, 0.5) is 0 Å². The van der Waals surface area contributed by atoms with Crippen LogP contribution < -0.4 is 10.1 Å². The Labute approximate surface area is 129 Å². The Bertz CT molecular complexity index is 435. The maximum Gasteiger partial charge on any atom is 0.119 e. The van der Waals surface area contributed by atoms with Crippen LogP contribution in [-0.2, 0) is 0 Å². The van der Waals surface area contributed by atoms with Crippen molar-refractivity contribution in [3.8, 4) is 5.75 Å². The van der Waals surface area contributed by atoms with E-state index in [0.29, 0.717) is 6.04 Å². The summed E-state index contributed by atoms with van der Waals surface area (Å²) in [7, 11) is 1.73. The van der Waals surface area contributed by atoms with Crippen molar-refractivity contribution in [2.45, 2.75) is 33.2 Å². The molecular formula is C18H30N2O. The van der Waals surface area contributed by atoms with Crippen molar-refractivity contribution in [3.63, 3.8) is 0 Å². The second kappa shape index (κ2) is 7.81. The van der Waals surface area contributed by atoms with Crippen LogP contribution in [0.25, 0.3) is 0 Å². The number of rotatable bonds is 6. The highest BCUT2D eigenvalue weighted by atomic mass is 16.5. The van der Waals surface area contributed by atoms with E-state index >= 15 is 0 Å². The number of likely N-dealkylation sites (tertiary alicyclic amines) is 1. The average molecular weight is 290 g/mol. The van der Waals surface area contributed by atoms with Gasteiger partial charge < -0.3 is 15.0 Å². The monoisotopic (exact) mass is 290 g/mol. The van der Waals surface area contributed by atoms with Gasteiger partial charge in [0, 0.05) is 19.1 Å². The molecule has 1 aliphatic heterocycles. The molecule has 0 aromatic heterocycles. The first-order valence-corrected chi connectivity index (χ1v) is 8.23. The molecule has 3 atom stereocenters. The van der Waals surface area contributed by atoms with Gasteiger partial charge in [-0.05, 0) is 49.0 Å². The summed E-state index contributed by atoms with van der Waals surface area (Å²) in [5.41, 5.74) is 1.32. The molecule has 1 aromatic rings. The highest BCUT2D eigenvalue weighted by Gasteiger charge is 2.24. The van der Waals surface area contributed by atoms with E-state index in [-0.39, 0.29) is 0 Å². The van der Waals surface area contributed by atoms with E-state index in [1.807, 2.05) is 6.07 Å². The third kappa shape index (κ3) is 4.45. The number of methoxy groups -OCH3 is 1. The SMILES string of the molecule is CCNC(CN1CCC(C)C(C)C1)c1cccc(OC)c1. The van der Waals surface area contributed by atoms with E-state index in [9.17, 15) is 0 Å². The summed E-state index contributed by atoms with van der Waals surface area (Å²) in [5.74, 6) is 2.60. The Morgan fingerprint density at radius 3 is 2.81 bits per heavy atom. The molecule has 1 fully saturated rings. The number of hydrogen-bond acceptors (Lipinski definition) is 3. The zero-order valence-electron chi connectivity index (χ0n) is 13.9. The van der Waals surface area contributed by atoms with Gasteiger partial charge in [0.05, 0.1) is 7.11 Å². The van der Waals surface area contributed by atoms with E-state index < -0.39 is 0 Å². The molecule has 1 saturated heterocycles. The molecule has 3 heteroatoms. The van der Waals surface area contributed by atoms with Crippen molar-refractivity contribution < 1.29 is 4.74 Å². The first kappa shape index (κ1) is 16.3. The Morgan fingerprint density at radius 1 is 1.33 bits per heavy atom. The summed E-state index contributed by atoms with van der Waals surface area (Å²) in [6, 6.07) is 8.83. The number of nitrogens with zero attached hydrogens (tertiary/aromatic N) is 1. The number of ether oxygens (including phenoxy) is 1. The third-order valence-electron chi connectivity index (χ3n) is 4.81. The van der Waals surface area contributed by atoms with Crippen LogP contribution in [0.2, 0.25) is 0 Å². The van der Waals surface area contributed by atoms with Gasteiger partial charge in [-0.3, -0.25) is 0 Å². The molecule has 21 heavy (non-hydrogen) atoms. The number of benzene rings is 1. The maximum absolute atomic E-state index is 5.36. The molecule has 118 valence electrons.